The van der Waals surface area contributed by atoms with Crippen LogP contribution in [0, 0.1) is 6.92 Å². The van der Waals surface area contributed by atoms with Gasteiger partial charge in [0.15, 0.2) is 5.82 Å². The van der Waals surface area contributed by atoms with E-state index >= 15 is 0 Å². The van der Waals surface area contributed by atoms with Crippen molar-refractivity contribution in [1.29, 1.82) is 0 Å². The Balaban J connectivity index is 1.92. The van der Waals surface area contributed by atoms with Gasteiger partial charge in [-0.25, -0.2) is 0 Å². The predicted octanol–water partition coefficient (Wildman–Crippen LogP) is 0.367. The number of tetrazole rings is 1. The maximum atomic E-state index is 12.0. The Morgan fingerprint density at radius 2 is 1.96 bits per heavy atom. The van der Waals surface area contributed by atoms with Crippen LogP contribution in [0.3, 0.4) is 0 Å². The van der Waals surface area contributed by atoms with E-state index in [0.717, 1.165) is 13.1 Å². The van der Waals surface area contributed by atoms with Gasteiger partial charge in [-0.05, 0) is 48.6 Å². The highest BCUT2D eigenvalue weighted by Crippen LogP contribution is 2.14. The van der Waals surface area contributed by atoms with Crippen LogP contribution in [0.5, 0.6) is 0 Å². The SMILES string of the molecule is CCN(CC)CCNC(=O)C(=O)Nc1cccc(-n2nnnc2C)c1. The van der Waals surface area contributed by atoms with E-state index in [-0.39, 0.29) is 0 Å². The van der Waals surface area contributed by atoms with Crippen LogP contribution in [-0.2, 0) is 9.59 Å². The number of rotatable bonds is 7. The molecule has 2 aromatic rings. The lowest BCUT2D eigenvalue weighted by molar-refractivity contribution is -0.136. The van der Waals surface area contributed by atoms with Crippen molar-refractivity contribution in [2.45, 2.75) is 20.8 Å². The van der Waals surface area contributed by atoms with Crippen LogP contribution in [0.15, 0.2) is 24.3 Å². The molecule has 0 aliphatic heterocycles. The molecule has 9 nitrogen and oxygen atoms in total. The molecular weight excluding hydrogens is 322 g/mol. The van der Waals surface area contributed by atoms with Gasteiger partial charge in [0.1, 0.15) is 0 Å². The number of nitrogens with zero attached hydrogens (tertiary/aromatic N) is 5. The second-order valence-electron chi connectivity index (χ2n) is 5.43. The summed E-state index contributed by atoms with van der Waals surface area (Å²) in [6, 6.07) is 6.96. The number of aryl methyl sites for hydroxylation is 1. The first-order valence-corrected chi connectivity index (χ1v) is 8.22. The summed E-state index contributed by atoms with van der Waals surface area (Å²) in [7, 11) is 0. The van der Waals surface area contributed by atoms with Gasteiger partial charge >= 0.3 is 11.8 Å². The van der Waals surface area contributed by atoms with Gasteiger partial charge in [-0.2, -0.15) is 4.68 Å². The molecule has 0 atom stereocenters. The first-order valence-electron chi connectivity index (χ1n) is 8.22. The highest BCUT2D eigenvalue weighted by molar-refractivity contribution is 6.39. The number of nitrogens with one attached hydrogen (secondary N) is 2. The van der Waals surface area contributed by atoms with Gasteiger partial charge in [-0.15, -0.1) is 5.10 Å². The third-order valence-corrected chi connectivity index (χ3v) is 3.79. The van der Waals surface area contributed by atoms with Gasteiger partial charge in [0, 0.05) is 18.8 Å². The average Bonchev–Trinajstić information content (AvgIpc) is 3.04. The molecule has 2 N–H and O–H groups in total. The zero-order valence-corrected chi connectivity index (χ0v) is 14.7. The summed E-state index contributed by atoms with van der Waals surface area (Å²) in [6.07, 6.45) is 0. The smallest absolute Gasteiger partial charge is 0.313 e. The number of likely N-dealkylation sites (N-methyl/N-ethyl adjacent to an activating group) is 1. The Bertz CT molecular complexity index is 725. The van der Waals surface area contributed by atoms with Crippen LogP contribution in [0.2, 0.25) is 0 Å². The zero-order chi connectivity index (χ0) is 18.2. The lowest BCUT2D eigenvalue weighted by atomic mass is 10.2. The number of carbonyl (C=O) groups is 2. The Morgan fingerprint density at radius 3 is 2.60 bits per heavy atom. The number of hydrogen-bond donors (Lipinski definition) is 2. The van der Waals surface area contributed by atoms with E-state index in [4.69, 9.17) is 0 Å². The normalized spacial score (nSPS) is 10.7. The minimum Gasteiger partial charge on any atom is -0.347 e. The molecule has 0 spiro atoms. The number of carbonyl (C=O) groups excluding carboxylic acids is 2. The van der Waals surface area contributed by atoms with Crippen molar-refractivity contribution < 1.29 is 9.59 Å². The van der Waals surface area contributed by atoms with Crippen molar-refractivity contribution in [3.63, 3.8) is 0 Å². The summed E-state index contributed by atoms with van der Waals surface area (Å²) in [4.78, 5) is 26.1. The highest BCUT2D eigenvalue weighted by atomic mass is 16.2. The van der Waals surface area contributed by atoms with Crippen molar-refractivity contribution >= 4 is 17.5 Å². The number of benzene rings is 1. The van der Waals surface area contributed by atoms with E-state index in [9.17, 15) is 9.59 Å². The highest BCUT2D eigenvalue weighted by Gasteiger charge is 2.14. The van der Waals surface area contributed by atoms with E-state index in [1.165, 1.54) is 0 Å². The van der Waals surface area contributed by atoms with Gasteiger partial charge in [0.05, 0.1) is 5.69 Å². The topological polar surface area (TPSA) is 105 Å². The van der Waals surface area contributed by atoms with Crippen LogP contribution < -0.4 is 10.6 Å². The molecule has 25 heavy (non-hydrogen) atoms. The van der Waals surface area contributed by atoms with Gasteiger partial charge < -0.3 is 15.5 Å². The predicted molar refractivity (Wildman–Crippen MR) is 93.3 cm³/mol. The van der Waals surface area contributed by atoms with E-state index in [1.54, 1.807) is 29.8 Å². The fourth-order valence-corrected chi connectivity index (χ4v) is 2.32. The van der Waals surface area contributed by atoms with Crippen molar-refractivity contribution in [3.8, 4) is 5.69 Å². The molecule has 1 heterocycles. The standard InChI is InChI=1S/C16H23N7O2/c1-4-22(5-2)10-9-17-15(24)16(25)18-13-7-6-8-14(11-13)23-12(3)19-20-21-23/h6-8,11H,4-5,9-10H2,1-3H3,(H,17,24)(H,18,25). The molecule has 0 radical (unpaired) electrons. The van der Waals surface area contributed by atoms with E-state index in [2.05, 4.69) is 44.9 Å². The first kappa shape index (κ1) is 18.5. The maximum Gasteiger partial charge on any atom is 0.313 e. The van der Waals surface area contributed by atoms with Crippen LogP contribution in [-0.4, -0.2) is 63.1 Å². The molecule has 0 unspecified atom stereocenters. The summed E-state index contributed by atoms with van der Waals surface area (Å²) in [6.45, 7) is 8.82. The van der Waals surface area contributed by atoms with Crippen LogP contribution in [0.25, 0.3) is 5.69 Å². The summed E-state index contributed by atoms with van der Waals surface area (Å²) in [5, 5.41) is 16.5. The number of aromatic nitrogens is 4. The molecule has 2 amide bonds. The number of anilines is 1. The molecule has 1 aromatic heterocycles. The van der Waals surface area contributed by atoms with E-state index in [0.29, 0.717) is 30.3 Å². The monoisotopic (exact) mass is 345 g/mol. The molecule has 134 valence electrons. The largest absolute Gasteiger partial charge is 0.347 e. The van der Waals surface area contributed by atoms with E-state index in [1.807, 2.05) is 6.07 Å². The molecule has 1 aromatic carbocycles. The lowest BCUT2D eigenvalue weighted by Crippen LogP contribution is -2.40. The van der Waals surface area contributed by atoms with E-state index < -0.39 is 11.8 Å². The molecule has 9 heteroatoms. The quantitative estimate of drug-likeness (QED) is 0.703. The maximum absolute atomic E-state index is 12.0. The van der Waals surface area contributed by atoms with Crippen LogP contribution in [0.1, 0.15) is 19.7 Å². The van der Waals surface area contributed by atoms with Crippen LogP contribution in [0.4, 0.5) is 5.69 Å². The van der Waals surface area contributed by atoms with Crippen molar-refractivity contribution in [2.75, 3.05) is 31.5 Å². The minimum atomic E-state index is -0.704. The zero-order valence-electron chi connectivity index (χ0n) is 14.7. The average molecular weight is 345 g/mol. The van der Waals surface area contributed by atoms with Gasteiger partial charge in [-0.1, -0.05) is 19.9 Å². The van der Waals surface area contributed by atoms with Crippen molar-refractivity contribution in [3.05, 3.63) is 30.1 Å². The van der Waals surface area contributed by atoms with Crippen molar-refractivity contribution in [1.82, 2.24) is 30.4 Å². The fraction of sp³-hybridized carbons (Fsp3) is 0.438. The Morgan fingerprint density at radius 1 is 1.20 bits per heavy atom. The Labute approximate surface area is 146 Å². The third kappa shape index (κ3) is 5.08. The molecule has 0 fully saturated rings. The summed E-state index contributed by atoms with van der Waals surface area (Å²) in [5.41, 5.74) is 1.19. The fourth-order valence-electron chi connectivity index (χ4n) is 2.32. The van der Waals surface area contributed by atoms with Gasteiger partial charge in [0.25, 0.3) is 0 Å². The summed E-state index contributed by atoms with van der Waals surface area (Å²) >= 11 is 0. The third-order valence-electron chi connectivity index (χ3n) is 3.79. The molecule has 0 saturated heterocycles. The molecule has 2 rings (SSSR count). The second kappa shape index (κ2) is 8.88. The van der Waals surface area contributed by atoms with Gasteiger partial charge in [0.2, 0.25) is 0 Å². The van der Waals surface area contributed by atoms with Crippen molar-refractivity contribution in [2.24, 2.45) is 0 Å². The Hall–Kier alpha value is -2.81. The Kier molecular flexibility index (Phi) is 6.58. The van der Waals surface area contributed by atoms with Gasteiger partial charge in [-0.3, -0.25) is 9.59 Å². The number of hydrogen-bond acceptors (Lipinski definition) is 6. The molecule has 0 saturated carbocycles. The minimum absolute atomic E-state index is 0.428. The molecule has 0 aliphatic carbocycles. The first-order chi connectivity index (χ1) is 12.0. The molecule has 0 bridgehead atoms. The second-order valence-corrected chi connectivity index (χ2v) is 5.43. The summed E-state index contributed by atoms with van der Waals surface area (Å²) < 4.78 is 1.54. The van der Waals surface area contributed by atoms with Crippen LogP contribution >= 0.6 is 0 Å². The summed E-state index contributed by atoms with van der Waals surface area (Å²) in [5.74, 6) is -0.737. The lowest BCUT2D eigenvalue weighted by Gasteiger charge is -2.17. The molecule has 0 aliphatic rings. The number of amides is 2. The molecular formula is C16H23N7O2.